The quantitative estimate of drug-likeness (QED) is 0.876. The van der Waals surface area contributed by atoms with Crippen LogP contribution in [0.1, 0.15) is 25.7 Å². The molecule has 2 fully saturated rings. The van der Waals surface area contributed by atoms with Crippen molar-refractivity contribution >= 4 is 29.0 Å². The number of amides is 2. The summed E-state index contributed by atoms with van der Waals surface area (Å²) in [4.78, 5) is 16.3. The van der Waals surface area contributed by atoms with Crippen LogP contribution in [0.4, 0.5) is 16.2 Å². The van der Waals surface area contributed by atoms with Gasteiger partial charge in [-0.05, 0) is 43.9 Å². The number of benzene rings is 1. The van der Waals surface area contributed by atoms with Gasteiger partial charge in [0.15, 0.2) is 0 Å². The molecule has 1 aromatic carbocycles. The second-order valence-corrected chi connectivity index (χ2v) is 6.35. The number of rotatable bonds is 5. The average Bonchev–Trinajstić information content (AvgIpc) is 3.19. The van der Waals surface area contributed by atoms with Crippen molar-refractivity contribution < 1.29 is 9.90 Å². The zero-order valence-corrected chi connectivity index (χ0v) is 13.4. The molecule has 6 heteroatoms. The van der Waals surface area contributed by atoms with Gasteiger partial charge in [-0.25, -0.2) is 4.79 Å². The molecule has 0 atom stereocenters. The van der Waals surface area contributed by atoms with Crippen molar-refractivity contribution in [3.05, 3.63) is 23.2 Å². The predicted octanol–water partition coefficient (Wildman–Crippen LogP) is 2.93. The molecular weight excluding hydrogens is 302 g/mol. The van der Waals surface area contributed by atoms with Crippen LogP contribution in [-0.4, -0.2) is 48.3 Å². The predicted molar refractivity (Wildman–Crippen MR) is 88.7 cm³/mol. The van der Waals surface area contributed by atoms with Crippen LogP contribution < -0.4 is 10.2 Å². The Morgan fingerprint density at radius 3 is 2.68 bits per heavy atom. The molecule has 0 unspecified atom stereocenters. The molecule has 0 bridgehead atoms. The third kappa shape index (κ3) is 3.47. The maximum Gasteiger partial charge on any atom is 0.322 e. The molecular formula is C16H22ClN3O2. The van der Waals surface area contributed by atoms with Crippen LogP contribution in [-0.2, 0) is 0 Å². The number of nitrogens with one attached hydrogen (secondary N) is 1. The molecule has 0 spiro atoms. The summed E-state index contributed by atoms with van der Waals surface area (Å²) in [5, 5.41) is 12.6. The number of anilines is 2. The second kappa shape index (κ2) is 6.75. The van der Waals surface area contributed by atoms with Gasteiger partial charge in [0, 0.05) is 31.4 Å². The Bertz CT molecular complexity index is 542. The average molecular weight is 324 g/mol. The molecule has 1 heterocycles. The lowest BCUT2D eigenvalue weighted by molar-refractivity contribution is 0.185. The van der Waals surface area contributed by atoms with Crippen molar-refractivity contribution in [2.75, 3.05) is 36.5 Å². The van der Waals surface area contributed by atoms with Crippen LogP contribution >= 0.6 is 11.6 Å². The van der Waals surface area contributed by atoms with E-state index < -0.39 is 0 Å². The Morgan fingerprint density at radius 1 is 1.36 bits per heavy atom. The van der Waals surface area contributed by atoms with E-state index in [-0.39, 0.29) is 18.7 Å². The first-order valence-electron chi connectivity index (χ1n) is 7.92. The Morgan fingerprint density at radius 2 is 2.09 bits per heavy atom. The summed E-state index contributed by atoms with van der Waals surface area (Å²) in [6.45, 7) is 2.43. The number of aliphatic hydroxyl groups is 1. The third-order valence-corrected chi connectivity index (χ3v) is 4.54. The van der Waals surface area contributed by atoms with Crippen LogP contribution in [0.3, 0.4) is 0 Å². The standard InChI is InChI=1S/C16H22ClN3O2/c17-14-11-12(3-6-15(14)19-7-1-2-8-19)18-16(22)20(9-10-21)13-4-5-13/h3,6,11,13,21H,1-2,4-5,7-10H2,(H,18,22). The highest BCUT2D eigenvalue weighted by atomic mass is 35.5. The lowest BCUT2D eigenvalue weighted by Gasteiger charge is -2.23. The summed E-state index contributed by atoms with van der Waals surface area (Å²) in [5.74, 6) is 0. The monoisotopic (exact) mass is 323 g/mol. The Hall–Kier alpha value is -1.46. The molecule has 120 valence electrons. The van der Waals surface area contributed by atoms with Gasteiger partial charge < -0.3 is 20.2 Å². The zero-order chi connectivity index (χ0) is 15.5. The normalized spacial score (nSPS) is 17.6. The molecule has 1 saturated heterocycles. The summed E-state index contributed by atoms with van der Waals surface area (Å²) in [5.41, 5.74) is 1.73. The van der Waals surface area contributed by atoms with Gasteiger partial charge in [-0.1, -0.05) is 11.6 Å². The van der Waals surface area contributed by atoms with Crippen molar-refractivity contribution in [3.63, 3.8) is 0 Å². The van der Waals surface area contributed by atoms with Gasteiger partial charge in [0.05, 0.1) is 17.3 Å². The highest BCUT2D eigenvalue weighted by Crippen LogP contribution is 2.32. The first-order valence-corrected chi connectivity index (χ1v) is 8.30. The summed E-state index contributed by atoms with van der Waals surface area (Å²) < 4.78 is 0. The lowest BCUT2D eigenvalue weighted by Crippen LogP contribution is -2.38. The maximum absolute atomic E-state index is 12.3. The molecule has 2 amide bonds. The molecule has 1 aliphatic heterocycles. The van der Waals surface area contributed by atoms with Crippen LogP contribution in [0, 0.1) is 0 Å². The molecule has 5 nitrogen and oxygen atoms in total. The summed E-state index contributed by atoms with van der Waals surface area (Å²) in [6.07, 6.45) is 4.43. The topological polar surface area (TPSA) is 55.8 Å². The molecule has 2 N–H and O–H groups in total. The van der Waals surface area contributed by atoms with E-state index in [0.29, 0.717) is 17.3 Å². The van der Waals surface area contributed by atoms with Crippen LogP contribution in [0.15, 0.2) is 18.2 Å². The summed E-state index contributed by atoms with van der Waals surface area (Å²) in [7, 11) is 0. The Labute approximate surface area is 135 Å². The number of carbonyl (C=O) groups is 1. The van der Waals surface area contributed by atoms with Crippen molar-refractivity contribution in [2.45, 2.75) is 31.7 Å². The van der Waals surface area contributed by atoms with Gasteiger partial charge in [-0.3, -0.25) is 0 Å². The smallest absolute Gasteiger partial charge is 0.322 e. The number of aliphatic hydroxyl groups excluding tert-OH is 1. The molecule has 1 aliphatic carbocycles. The minimum atomic E-state index is -0.165. The van der Waals surface area contributed by atoms with Gasteiger partial charge in [-0.2, -0.15) is 0 Å². The number of nitrogens with zero attached hydrogens (tertiary/aromatic N) is 2. The SMILES string of the molecule is O=C(Nc1ccc(N2CCCC2)c(Cl)c1)N(CCO)C1CC1. The van der Waals surface area contributed by atoms with Gasteiger partial charge in [-0.15, -0.1) is 0 Å². The molecule has 1 saturated carbocycles. The summed E-state index contributed by atoms with van der Waals surface area (Å²) >= 11 is 6.36. The van der Waals surface area contributed by atoms with Gasteiger partial charge in [0.25, 0.3) is 0 Å². The van der Waals surface area contributed by atoms with E-state index in [1.54, 1.807) is 11.0 Å². The van der Waals surface area contributed by atoms with Crippen molar-refractivity contribution in [1.82, 2.24) is 4.90 Å². The largest absolute Gasteiger partial charge is 0.395 e. The lowest BCUT2D eigenvalue weighted by atomic mass is 10.2. The van der Waals surface area contributed by atoms with Crippen molar-refractivity contribution in [1.29, 1.82) is 0 Å². The molecule has 0 radical (unpaired) electrons. The fourth-order valence-corrected chi connectivity index (χ4v) is 3.24. The van der Waals surface area contributed by atoms with Gasteiger partial charge in [0.2, 0.25) is 0 Å². The molecule has 2 aliphatic rings. The van der Waals surface area contributed by atoms with Crippen LogP contribution in [0.2, 0.25) is 5.02 Å². The first kappa shape index (κ1) is 15.4. The fraction of sp³-hybridized carbons (Fsp3) is 0.562. The molecule has 22 heavy (non-hydrogen) atoms. The van der Waals surface area contributed by atoms with E-state index in [9.17, 15) is 4.79 Å². The van der Waals surface area contributed by atoms with E-state index in [1.807, 2.05) is 12.1 Å². The Balaban J connectivity index is 1.67. The number of hydrogen-bond donors (Lipinski definition) is 2. The van der Waals surface area contributed by atoms with Crippen molar-refractivity contribution in [3.8, 4) is 0 Å². The van der Waals surface area contributed by atoms with Crippen LogP contribution in [0.25, 0.3) is 0 Å². The second-order valence-electron chi connectivity index (χ2n) is 5.94. The highest BCUT2D eigenvalue weighted by molar-refractivity contribution is 6.33. The van der Waals surface area contributed by atoms with E-state index in [4.69, 9.17) is 16.7 Å². The Kier molecular flexibility index (Phi) is 4.74. The minimum Gasteiger partial charge on any atom is -0.395 e. The van der Waals surface area contributed by atoms with Gasteiger partial charge >= 0.3 is 6.03 Å². The van der Waals surface area contributed by atoms with E-state index in [2.05, 4.69) is 10.2 Å². The third-order valence-electron chi connectivity index (χ3n) is 4.24. The zero-order valence-electron chi connectivity index (χ0n) is 12.6. The number of urea groups is 1. The minimum absolute atomic E-state index is 0.0153. The number of halogens is 1. The summed E-state index contributed by atoms with van der Waals surface area (Å²) in [6, 6.07) is 5.77. The fourth-order valence-electron chi connectivity index (χ4n) is 2.94. The first-order chi connectivity index (χ1) is 10.7. The highest BCUT2D eigenvalue weighted by Gasteiger charge is 2.32. The van der Waals surface area contributed by atoms with E-state index in [1.165, 1.54) is 12.8 Å². The van der Waals surface area contributed by atoms with E-state index >= 15 is 0 Å². The van der Waals surface area contributed by atoms with Crippen LogP contribution in [0.5, 0.6) is 0 Å². The molecule has 1 aromatic rings. The number of carbonyl (C=O) groups excluding carboxylic acids is 1. The van der Waals surface area contributed by atoms with E-state index in [0.717, 1.165) is 31.6 Å². The molecule has 3 rings (SSSR count). The van der Waals surface area contributed by atoms with Crippen molar-refractivity contribution in [2.24, 2.45) is 0 Å². The van der Waals surface area contributed by atoms with Gasteiger partial charge in [0.1, 0.15) is 0 Å². The number of hydrogen-bond acceptors (Lipinski definition) is 3. The maximum atomic E-state index is 12.3. The molecule has 0 aromatic heterocycles.